The molecule has 0 bridgehead atoms. The van der Waals surface area contributed by atoms with Gasteiger partial charge in [-0.05, 0) is 25.3 Å². The number of esters is 1. The molecule has 4 rings (SSSR count). The number of piperidine rings is 1. The van der Waals surface area contributed by atoms with Gasteiger partial charge in [-0.25, -0.2) is 9.78 Å². The molecule has 0 aliphatic carbocycles. The van der Waals surface area contributed by atoms with Crippen LogP contribution in [0.3, 0.4) is 0 Å². The van der Waals surface area contributed by atoms with Gasteiger partial charge in [-0.2, -0.15) is 0 Å². The average molecular weight is 397 g/mol. The van der Waals surface area contributed by atoms with E-state index in [1.165, 1.54) is 12.0 Å². The molecule has 1 saturated heterocycles. The Morgan fingerprint density at radius 1 is 1.25 bits per heavy atom. The summed E-state index contributed by atoms with van der Waals surface area (Å²) in [6.07, 6.45) is 3.92. The number of benzene rings is 1. The number of nitrogens with zero attached hydrogens (tertiary/aromatic N) is 2. The van der Waals surface area contributed by atoms with Crippen molar-refractivity contribution in [3.8, 4) is 0 Å². The summed E-state index contributed by atoms with van der Waals surface area (Å²) in [5, 5.41) is 2.64. The van der Waals surface area contributed by atoms with Crippen LogP contribution in [0.1, 0.15) is 45.1 Å². The molecule has 1 aliphatic rings. The van der Waals surface area contributed by atoms with E-state index < -0.39 is 12.0 Å². The number of thiazole rings is 1. The zero-order valence-electron chi connectivity index (χ0n) is 15.3. The molecule has 1 fully saturated rings. The standard InChI is InChI=1S/C20H19N3O4S/c1-27-20(26)16-8-4-5-9-23(16)19(25)15-11-28-18(22-15)17(24)13-10-21-14-7-3-2-6-12(13)14/h2-3,6-7,10-11,16,21H,4-5,8-9H2,1H3. The first-order valence-electron chi connectivity index (χ1n) is 9.05. The molecule has 1 aliphatic heterocycles. The van der Waals surface area contributed by atoms with Gasteiger partial charge in [0.15, 0.2) is 5.01 Å². The van der Waals surface area contributed by atoms with E-state index in [9.17, 15) is 14.4 Å². The SMILES string of the molecule is COC(=O)C1CCCCN1C(=O)c1csc(C(=O)c2c[nH]c3ccccc23)n1. The molecule has 0 spiro atoms. The Hall–Kier alpha value is -3.00. The van der Waals surface area contributed by atoms with E-state index in [1.54, 1.807) is 11.6 Å². The Morgan fingerprint density at radius 3 is 2.89 bits per heavy atom. The number of amides is 1. The van der Waals surface area contributed by atoms with Gasteiger partial charge in [0.25, 0.3) is 5.91 Å². The van der Waals surface area contributed by atoms with Crippen LogP contribution in [-0.2, 0) is 9.53 Å². The lowest BCUT2D eigenvalue weighted by atomic mass is 10.0. The van der Waals surface area contributed by atoms with Crippen LogP contribution in [0.5, 0.6) is 0 Å². The first kappa shape index (κ1) is 18.4. The van der Waals surface area contributed by atoms with Gasteiger partial charge in [-0.3, -0.25) is 9.59 Å². The monoisotopic (exact) mass is 397 g/mol. The number of para-hydroxylation sites is 1. The number of carbonyl (C=O) groups is 3. The fourth-order valence-corrected chi connectivity index (χ4v) is 4.30. The lowest BCUT2D eigenvalue weighted by molar-refractivity contribution is -0.147. The molecule has 3 aromatic rings. The Morgan fingerprint density at radius 2 is 2.07 bits per heavy atom. The van der Waals surface area contributed by atoms with E-state index in [0.29, 0.717) is 18.5 Å². The highest BCUT2D eigenvalue weighted by Crippen LogP contribution is 2.25. The first-order chi connectivity index (χ1) is 13.6. The van der Waals surface area contributed by atoms with Crippen molar-refractivity contribution in [1.29, 1.82) is 0 Å². The molecule has 1 N–H and O–H groups in total. The van der Waals surface area contributed by atoms with Crippen LogP contribution in [0, 0.1) is 0 Å². The van der Waals surface area contributed by atoms with E-state index in [0.717, 1.165) is 35.1 Å². The minimum absolute atomic E-state index is 0.184. The van der Waals surface area contributed by atoms with Crippen LogP contribution in [0.15, 0.2) is 35.8 Å². The van der Waals surface area contributed by atoms with Gasteiger partial charge in [0.05, 0.1) is 12.7 Å². The highest BCUT2D eigenvalue weighted by atomic mass is 32.1. The summed E-state index contributed by atoms with van der Waals surface area (Å²) >= 11 is 1.13. The molecule has 1 atom stereocenters. The second kappa shape index (κ2) is 7.55. The molecule has 0 radical (unpaired) electrons. The molecular weight excluding hydrogens is 378 g/mol. The van der Waals surface area contributed by atoms with E-state index >= 15 is 0 Å². The summed E-state index contributed by atoms with van der Waals surface area (Å²) in [7, 11) is 1.32. The van der Waals surface area contributed by atoms with Crippen LogP contribution >= 0.6 is 11.3 Å². The summed E-state index contributed by atoms with van der Waals surface area (Å²) in [4.78, 5) is 46.7. The number of aromatic amines is 1. The highest BCUT2D eigenvalue weighted by molar-refractivity contribution is 7.12. The molecule has 1 amide bonds. The zero-order valence-corrected chi connectivity index (χ0v) is 16.1. The Bertz CT molecular complexity index is 1050. The van der Waals surface area contributed by atoms with Crippen molar-refractivity contribution in [2.75, 3.05) is 13.7 Å². The van der Waals surface area contributed by atoms with Gasteiger partial charge in [-0.1, -0.05) is 18.2 Å². The molecule has 1 unspecified atom stereocenters. The van der Waals surface area contributed by atoms with Gasteiger partial charge >= 0.3 is 5.97 Å². The van der Waals surface area contributed by atoms with E-state index in [-0.39, 0.29) is 22.4 Å². The molecule has 2 aromatic heterocycles. The number of rotatable bonds is 4. The number of fused-ring (bicyclic) bond motifs is 1. The van der Waals surface area contributed by atoms with Crippen molar-refractivity contribution in [3.63, 3.8) is 0 Å². The highest BCUT2D eigenvalue weighted by Gasteiger charge is 2.34. The largest absolute Gasteiger partial charge is 0.467 e. The van der Waals surface area contributed by atoms with Crippen LogP contribution in [-0.4, -0.2) is 52.2 Å². The van der Waals surface area contributed by atoms with Crippen molar-refractivity contribution >= 4 is 39.9 Å². The molecular formula is C20H19N3O4S. The van der Waals surface area contributed by atoms with Crippen molar-refractivity contribution in [2.45, 2.75) is 25.3 Å². The number of likely N-dealkylation sites (tertiary alicyclic amines) is 1. The maximum atomic E-state index is 12.9. The quantitative estimate of drug-likeness (QED) is 0.540. The number of nitrogens with one attached hydrogen (secondary N) is 1. The third kappa shape index (κ3) is 3.20. The van der Waals surface area contributed by atoms with Crippen molar-refractivity contribution < 1.29 is 19.1 Å². The number of H-pyrrole nitrogens is 1. The number of ether oxygens (including phenoxy) is 1. The van der Waals surface area contributed by atoms with Gasteiger partial charge in [0, 0.05) is 29.0 Å². The minimum Gasteiger partial charge on any atom is -0.467 e. The lowest BCUT2D eigenvalue weighted by Crippen LogP contribution is -2.48. The molecule has 0 saturated carbocycles. The summed E-state index contributed by atoms with van der Waals surface area (Å²) in [6.45, 7) is 0.474. The van der Waals surface area contributed by atoms with Crippen LogP contribution in [0.4, 0.5) is 0 Å². The Kier molecular flexibility index (Phi) is 4.95. The number of aromatic nitrogens is 2. The third-order valence-electron chi connectivity index (χ3n) is 4.99. The zero-order chi connectivity index (χ0) is 19.7. The molecule has 1 aromatic carbocycles. The Labute approximate surface area is 165 Å². The van der Waals surface area contributed by atoms with Gasteiger partial charge in [0.2, 0.25) is 5.78 Å². The van der Waals surface area contributed by atoms with Crippen molar-refractivity contribution in [2.24, 2.45) is 0 Å². The number of hydrogen-bond acceptors (Lipinski definition) is 6. The molecule has 28 heavy (non-hydrogen) atoms. The minimum atomic E-state index is -0.597. The molecule has 8 heteroatoms. The number of methoxy groups -OCH3 is 1. The first-order valence-corrected chi connectivity index (χ1v) is 9.93. The maximum absolute atomic E-state index is 12.9. The predicted molar refractivity (Wildman–Crippen MR) is 105 cm³/mol. The smallest absolute Gasteiger partial charge is 0.328 e. The second-order valence-electron chi connectivity index (χ2n) is 6.65. The van der Waals surface area contributed by atoms with Crippen molar-refractivity contribution in [1.82, 2.24) is 14.9 Å². The second-order valence-corrected chi connectivity index (χ2v) is 7.51. The molecule has 7 nitrogen and oxygen atoms in total. The number of carbonyl (C=O) groups excluding carboxylic acids is 3. The fourth-order valence-electron chi connectivity index (χ4n) is 3.55. The van der Waals surface area contributed by atoms with Gasteiger partial charge in [-0.15, -0.1) is 11.3 Å². The number of hydrogen-bond donors (Lipinski definition) is 1. The van der Waals surface area contributed by atoms with Crippen LogP contribution < -0.4 is 0 Å². The van der Waals surface area contributed by atoms with Crippen molar-refractivity contribution in [3.05, 3.63) is 52.1 Å². The summed E-state index contributed by atoms with van der Waals surface area (Å²) < 4.78 is 4.83. The lowest BCUT2D eigenvalue weighted by Gasteiger charge is -2.33. The summed E-state index contributed by atoms with van der Waals surface area (Å²) in [5.74, 6) is -0.993. The molecule has 144 valence electrons. The van der Waals surface area contributed by atoms with Crippen LogP contribution in [0.25, 0.3) is 10.9 Å². The Balaban J connectivity index is 1.59. The fraction of sp³-hybridized carbons (Fsp3) is 0.300. The topological polar surface area (TPSA) is 92.4 Å². The average Bonchev–Trinajstić information content (AvgIpc) is 3.39. The third-order valence-corrected chi connectivity index (χ3v) is 5.83. The van der Waals surface area contributed by atoms with E-state index in [4.69, 9.17) is 4.74 Å². The summed E-state index contributed by atoms with van der Waals surface area (Å²) in [5.41, 5.74) is 1.58. The summed E-state index contributed by atoms with van der Waals surface area (Å²) in [6, 6.07) is 6.93. The normalized spacial score (nSPS) is 16.9. The van der Waals surface area contributed by atoms with E-state index in [2.05, 4.69) is 9.97 Å². The van der Waals surface area contributed by atoms with E-state index in [1.807, 2.05) is 24.3 Å². The van der Waals surface area contributed by atoms with Gasteiger partial charge < -0.3 is 14.6 Å². The number of ketones is 1. The molecule has 3 heterocycles. The predicted octanol–water partition coefficient (Wildman–Crippen LogP) is 3.02. The van der Waals surface area contributed by atoms with Crippen LogP contribution in [0.2, 0.25) is 0 Å². The van der Waals surface area contributed by atoms with Gasteiger partial charge in [0.1, 0.15) is 11.7 Å². The maximum Gasteiger partial charge on any atom is 0.328 e.